The molecule has 0 heterocycles. The van der Waals surface area contributed by atoms with Gasteiger partial charge in [0, 0.05) is 19.3 Å². The summed E-state index contributed by atoms with van der Waals surface area (Å²) in [6, 6.07) is 0. The van der Waals surface area contributed by atoms with Crippen molar-refractivity contribution in [2.24, 2.45) is 0 Å². The van der Waals surface area contributed by atoms with Crippen LogP contribution in [0.15, 0.2) is 12.2 Å². The minimum absolute atomic E-state index is 0.0670. The lowest BCUT2D eigenvalue weighted by Crippen LogP contribution is -2.30. The maximum absolute atomic E-state index is 12.8. The molecule has 0 aromatic carbocycles. The Bertz CT molecular complexity index is 947. The van der Waals surface area contributed by atoms with Crippen molar-refractivity contribution in [2.45, 2.75) is 309 Å². The molecule has 0 aromatic heterocycles. The summed E-state index contributed by atoms with van der Waals surface area (Å²) in [6.07, 6.45) is 56.2. The fourth-order valence-corrected chi connectivity index (χ4v) is 8.14. The van der Waals surface area contributed by atoms with Gasteiger partial charge in [0.1, 0.15) is 13.2 Å². The summed E-state index contributed by atoms with van der Waals surface area (Å²) in [6.45, 7) is 6.67. The number of hydrogen-bond acceptors (Lipinski definition) is 6. The van der Waals surface area contributed by atoms with Crippen molar-refractivity contribution < 1.29 is 28.6 Å². The molecule has 0 N–H and O–H groups in total. The van der Waals surface area contributed by atoms with Crippen molar-refractivity contribution in [2.75, 3.05) is 13.2 Å². The standard InChI is InChI=1S/C55H104O6/c1-4-7-10-13-16-19-22-25-27-29-30-33-36-39-42-45-48-54(57)60-51-52(50-59-53(56)47-44-41-38-35-32-24-21-18-15-12-9-6-3)61-55(58)49-46-43-40-37-34-31-28-26-23-20-17-14-11-8-5-2/h27,29,52H,4-26,28,30-51H2,1-3H3/b29-27-. The minimum atomic E-state index is -0.766. The summed E-state index contributed by atoms with van der Waals surface area (Å²) >= 11 is 0. The molecule has 0 aromatic rings. The summed E-state index contributed by atoms with van der Waals surface area (Å²) in [4.78, 5) is 38.0. The smallest absolute Gasteiger partial charge is 0.306 e. The first-order valence-corrected chi connectivity index (χ1v) is 27.2. The van der Waals surface area contributed by atoms with E-state index >= 15 is 0 Å². The molecule has 0 radical (unpaired) electrons. The number of allylic oxidation sites excluding steroid dienone is 2. The third-order valence-corrected chi connectivity index (χ3v) is 12.3. The third-order valence-electron chi connectivity index (χ3n) is 12.3. The number of unbranched alkanes of at least 4 members (excludes halogenated alkanes) is 37. The number of carbonyl (C=O) groups is 3. The molecule has 0 amide bonds. The van der Waals surface area contributed by atoms with Crippen LogP contribution in [-0.4, -0.2) is 37.2 Å². The Morgan fingerprint density at radius 3 is 0.820 bits per heavy atom. The Labute approximate surface area is 380 Å². The van der Waals surface area contributed by atoms with E-state index in [9.17, 15) is 14.4 Å². The van der Waals surface area contributed by atoms with E-state index in [2.05, 4.69) is 32.9 Å². The molecule has 61 heavy (non-hydrogen) atoms. The van der Waals surface area contributed by atoms with E-state index in [0.717, 1.165) is 64.2 Å². The van der Waals surface area contributed by atoms with Gasteiger partial charge >= 0.3 is 17.9 Å². The van der Waals surface area contributed by atoms with Crippen LogP contribution in [0, 0.1) is 0 Å². The molecule has 0 aliphatic rings. The Morgan fingerprint density at radius 1 is 0.311 bits per heavy atom. The predicted molar refractivity (Wildman–Crippen MR) is 261 cm³/mol. The monoisotopic (exact) mass is 861 g/mol. The van der Waals surface area contributed by atoms with Crippen LogP contribution in [-0.2, 0) is 28.6 Å². The molecule has 0 fully saturated rings. The molecular formula is C55H104O6. The van der Waals surface area contributed by atoms with Crippen LogP contribution >= 0.6 is 0 Å². The SMILES string of the molecule is CCCCCCCCC/C=C\CCCCCCCC(=O)OCC(COC(=O)CCCCCCCCCCCCCC)OC(=O)CCCCCCCCCCCCCCCCC. The molecule has 0 aliphatic carbocycles. The van der Waals surface area contributed by atoms with Crippen LogP contribution in [0.2, 0.25) is 0 Å². The molecule has 1 atom stereocenters. The highest BCUT2D eigenvalue weighted by Crippen LogP contribution is 2.16. The molecule has 6 nitrogen and oxygen atoms in total. The fraction of sp³-hybridized carbons (Fsp3) is 0.909. The summed E-state index contributed by atoms with van der Waals surface area (Å²) in [5.74, 6) is -0.856. The average Bonchev–Trinajstić information content (AvgIpc) is 3.26. The van der Waals surface area contributed by atoms with E-state index in [4.69, 9.17) is 14.2 Å². The maximum Gasteiger partial charge on any atom is 0.306 e. The Morgan fingerprint density at radius 2 is 0.541 bits per heavy atom. The van der Waals surface area contributed by atoms with Crippen LogP contribution in [0.5, 0.6) is 0 Å². The van der Waals surface area contributed by atoms with E-state index in [1.165, 1.54) is 199 Å². The highest BCUT2D eigenvalue weighted by molar-refractivity contribution is 5.71. The van der Waals surface area contributed by atoms with Crippen molar-refractivity contribution in [3.05, 3.63) is 12.2 Å². The second kappa shape index (κ2) is 50.8. The van der Waals surface area contributed by atoms with Crippen LogP contribution in [0.25, 0.3) is 0 Å². The van der Waals surface area contributed by atoms with Crippen molar-refractivity contribution in [1.82, 2.24) is 0 Å². The minimum Gasteiger partial charge on any atom is -0.462 e. The van der Waals surface area contributed by atoms with Gasteiger partial charge in [0.05, 0.1) is 0 Å². The third kappa shape index (κ3) is 49.0. The summed E-state index contributed by atoms with van der Waals surface area (Å²) in [5.41, 5.74) is 0. The summed E-state index contributed by atoms with van der Waals surface area (Å²) in [7, 11) is 0. The topological polar surface area (TPSA) is 78.9 Å². The first-order valence-electron chi connectivity index (χ1n) is 27.2. The molecule has 0 aliphatic heterocycles. The Balaban J connectivity index is 4.32. The van der Waals surface area contributed by atoms with Gasteiger partial charge in [-0.2, -0.15) is 0 Å². The maximum atomic E-state index is 12.8. The van der Waals surface area contributed by atoms with E-state index in [1.54, 1.807) is 0 Å². The lowest BCUT2D eigenvalue weighted by molar-refractivity contribution is -0.167. The Kier molecular flexibility index (Phi) is 49.3. The highest BCUT2D eigenvalue weighted by Gasteiger charge is 2.19. The van der Waals surface area contributed by atoms with Gasteiger partial charge in [-0.1, -0.05) is 251 Å². The largest absolute Gasteiger partial charge is 0.462 e. The zero-order valence-electron chi connectivity index (χ0n) is 41.2. The van der Waals surface area contributed by atoms with E-state index in [-0.39, 0.29) is 31.1 Å². The van der Waals surface area contributed by atoms with Crippen molar-refractivity contribution >= 4 is 17.9 Å². The van der Waals surface area contributed by atoms with Crippen LogP contribution < -0.4 is 0 Å². The summed E-state index contributed by atoms with van der Waals surface area (Å²) < 4.78 is 16.8. The van der Waals surface area contributed by atoms with Gasteiger partial charge in [0.25, 0.3) is 0 Å². The normalized spacial score (nSPS) is 12.0. The first kappa shape index (κ1) is 59.1. The fourth-order valence-electron chi connectivity index (χ4n) is 8.14. The first-order chi connectivity index (χ1) is 30.0. The second-order valence-electron chi connectivity index (χ2n) is 18.5. The quantitative estimate of drug-likeness (QED) is 0.0262. The lowest BCUT2D eigenvalue weighted by atomic mass is 10.0. The zero-order valence-corrected chi connectivity index (χ0v) is 41.2. The molecule has 0 saturated carbocycles. The molecule has 0 rings (SSSR count). The predicted octanol–water partition coefficient (Wildman–Crippen LogP) is 17.8. The number of carbonyl (C=O) groups excluding carboxylic acids is 3. The molecule has 1 unspecified atom stereocenters. The van der Waals surface area contributed by atoms with Crippen molar-refractivity contribution in [3.8, 4) is 0 Å². The number of ether oxygens (including phenoxy) is 3. The molecule has 0 bridgehead atoms. The van der Waals surface area contributed by atoms with E-state index in [0.29, 0.717) is 19.3 Å². The van der Waals surface area contributed by atoms with Gasteiger partial charge in [-0.15, -0.1) is 0 Å². The van der Waals surface area contributed by atoms with E-state index in [1.807, 2.05) is 0 Å². The van der Waals surface area contributed by atoms with Gasteiger partial charge in [-0.3, -0.25) is 14.4 Å². The lowest BCUT2D eigenvalue weighted by Gasteiger charge is -2.18. The van der Waals surface area contributed by atoms with Crippen LogP contribution in [0.1, 0.15) is 303 Å². The number of hydrogen-bond donors (Lipinski definition) is 0. The van der Waals surface area contributed by atoms with E-state index < -0.39 is 6.10 Å². The van der Waals surface area contributed by atoms with Gasteiger partial charge in [-0.25, -0.2) is 0 Å². The second-order valence-corrected chi connectivity index (χ2v) is 18.5. The van der Waals surface area contributed by atoms with Gasteiger partial charge in [-0.05, 0) is 44.9 Å². The van der Waals surface area contributed by atoms with Crippen LogP contribution in [0.4, 0.5) is 0 Å². The summed E-state index contributed by atoms with van der Waals surface area (Å²) in [5, 5.41) is 0. The molecule has 0 spiro atoms. The molecule has 360 valence electrons. The molecule has 6 heteroatoms. The van der Waals surface area contributed by atoms with Gasteiger partial charge < -0.3 is 14.2 Å². The Hall–Kier alpha value is -1.85. The van der Waals surface area contributed by atoms with Crippen molar-refractivity contribution in [1.29, 1.82) is 0 Å². The van der Waals surface area contributed by atoms with Crippen LogP contribution in [0.3, 0.4) is 0 Å². The van der Waals surface area contributed by atoms with Gasteiger partial charge in [0.2, 0.25) is 0 Å². The highest BCUT2D eigenvalue weighted by atomic mass is 16.6. The number of esters is 3. The van der Waals surface area contributed by atoms with Crippen molar-refractivity contribution in [3.63, 3.8) is 0 Å². The molecular weight excluding hydrogens is 757 g/mol. The zero-order chi connectivity index (χ0) is 44.4. The molecule has 0 saturated heterocycles. The average molecular weight is 861 g/mol. The van der Waals surface area contributed by atoms with Gasteiger partial charge in [0.15, 0.2) is 6.10 Å². The number of rotatable bonds is 50.